The van der Waals surface area contributed by atoms with Gasteiger partial charge in [-0.1, -0.05) is 12.1 Å². The van der Waals surface area contributed by atoms with Crippen LogP contribution in [-0.2, 0) is 14.3 Å². The lowest BCUT2D eigenvalue weighted by atomic mass is 9.98. The lowest BCUT2D eigenvalue weighted by molar-refractivity contribution is -0.380. The highest BCUT2D eigenvalue weighted by atomic mass is 32.1. The van der Waals surface area contributed by atoms with Crippen LogP contribution in [0.5, 0.6) is 0 Å². The van der Waals surface area contributed by atoms with Gasteiger partial charge >= 0.3 is 17.1 Å². The Morgan fingerprint density at radius 3 is 2.52 bits per heavy atom. The third-order valence-corrected chi connectivity index (χ3v) is 4.14. The van der Waals surface area contributed by atoms with Crippen molar-refractivity contribution in [2.45, 2.75) is 32.3 Å². The minimum atomic E-state index is -1.63. The number of amides is 2. The van der Waals surface area contributed by atoms with Gasteiger partial charge in [0.2, 0.25) is 5.91 Å². The van der Waals surface area contributed by atoms with Gasteiger partial charge in [0.05, 0.1) is 4.92 Å². The Morgan fingerprint density at radius 2 is 1.97 bits per heavy atom. The Morgan fingerprint density at radius 1 is 1.28 bits per heavy atom. The lowest BCUT2D eigenvalue weighted by Gasteiger charge is -2.20. The molecule has 2 amide bonds. The van der Waals surface area contributed by atoms with Crippen molar-refractivity contribution in [3.05, 3.63) is 46.1 Å². The maximum Gasteiger partial charge on any atom is 0.412 e. The van der Waals surface area contributed by atoms with Crippen molar-refractivity contribution in [2.75, 3.05) is 10.6 Å². The summed E-state index contributed by atoms with van der Waals surface area (Å²) in [6.07, 6.45) is 0.225. The number of carbonyl (C=O) groups excluding carboxylic acids is 2. The lowest BCUT2D eigenvalue weighted by Crippen LogP contribution is -2.28. The molecule has 1 aromatic carbocycles. The maximum atomic E-state index is 12.4. The second kappa shape index (κ2) is 8.65. The van der Waals surface area contributed by atoms with Crippen LogP contribution in [0.1, 0.15) is 32.3 Å². The number of benzene rings is 1. The first kappa shape index (κ1) is 21.8. The van der Waals surface area contributed by atoms with E-state index in [4.69, 9.17) is 4.74 Å². The van der Waals surface area contributed by atoms with E-state index in [1.807, 2.05) is 0 Å². The smallest absolute Gasteiger partial charge is 0.412 e. The standard InChI is InChI=1S/C17H18N4O7S/c1-17(2,3)28-16(25)19-10-6-4-5-9(7-10)12(14(23)24)13(22)20-15-18-8-11(29-15)21(26)27/h4-8,12H,1-3H3,(H,19,25)(H,23,24)(H,18,20,22). The average molecular weight is 422 g/mol. The van der Waals surface area contributed by atoms with Crippen molar-refractivity contribution >= 4 is 45.1 Å². The van der Waals surface area contributed by atoms with Gasteiger partial charge < -0.3 is 15.2 Å². The summed E-state index contributed by atoms with van der Waals surface area (Å²) in [6.45, 7) is 5.07. The number of carboxylic acids is 1. The molecule has 1 unspecified atom stereocenters. The number of aromatic nitrogens is 1. The summed E-state index contributed by atoms with van der Waals surface area (Å²) in [5.41, 5.74) is -0.392. The number of ether oxygens (including phenoxy) is 1. The van der Waals surface area contributed by atoms with Gasteiger partial charge in [-0.15, -0.1) is 0 Å². The fourth-order valence-corrected chi connectivity index (χ4v) is 2.84. The molecule has 0 aliphatic rings. The largest absolute Gasteiger partial charge is 0.480 e. The van der Waals surface area contributed by atoms with Crippen LogP contribution in [-0.4, -0.2) is 38.6 Å². The van der Waals surface area contributed by atoms with Crippen LogP contribution in [0.25, 0.3) is 0 Å². The van der Waals surface area contributed by atoms with E-state index in [-0.39, 0.29) is 21.4 Å². The van der Waals surface area contributed by atoms with Crippen molar-refractivity contribution in [1.29, 1.82) is 0 Å². The summed E-state index contributed by atoms with van der Waals surface area (Å²) in [5, 5.41) is 24.5. The molecule has 2 rings (SSSR count). The van der Waals surface area contributed by atoms with Crippen LogP contribution in [0.15, 0.2) is 30.5 Å². The number of aliphatic carboxylic acids is 1. The zero-order valence-corrected chi connectivity index (χ0v) is 16.5. The summed E-state index contributed by atoms with van der Waals surface area (Å²) in [4.78, 5) is 49.7. The predicted octanol–water partition coefficient (Wildman–Crippen LogP) is 3.21. The molecule has 2 aromatic rings. The van der Waals surface area contributed by atoms with Crippen molar-refractivity contribution in [1.82, 2.24) is 4.98 Å². The van der Waals surface area contributed by atoms with Crippen molar-refractivity contribution < 1.29 is 29.2 Å². The van der Waals surface area contributed by atoms with Gasteiger partial charge in [-0.05, 0) is 49.8 Å². The molecule has 0 saturated heterocycles. The number of anilines is 2. The zero-order valence-electron chi connectivity index (χ0n) is 15.7. The predicted molar refractivity (Wildman–Crippen MR) is 104 cm³/mol. The third-order valence-electron chi connectivity index (χ3n) is 3.28. The van der Waals surface area contributed by atoms with Gasteiger partial charge in [0.1, 0.15) is 11.8 Å². The zero-order chi connectivity index (χ0) is 21.8. The Labute approximate surface area is 168 Å². The molecule has 0 saturated carbocycles. The SMILES string of the molecule is CC(C)(C)OC(=O)Nc1cccc(C(C(=O)O)C(=O)Nc2ncc([N+](=O)[O-])s2)c1. The molecule has 0 bridgehead atoms. The highest BCUT2D eigenvalue weighted by Crippen LogP contribution is 2.27. The van der Waals surface area contributed by atoms with E-state index < -0.39 is 34.4 Å². The van der Waals surface area contributed by atoms with Crippen LogP contribution >= 0.6 is 11.3 Å². The fraction of sp³-hybridized carbons (Fsp3) is 0.294. The second-order valence-corrected chi connectivity index (χ2v) is 7.78. The molecule has 1 heterocycles. The van der Waals surface area contributed by atoms with Crippen LogP contribution in [0.2, 0.25) is 0 Å². The molecular weight excluding hydrogens is 404 g/mol. The van der Waals surface area contributed by atoms with Crippen LogP contribution in [0.4, 0.5) is 20.6 Å². The van der Waals surface area contributed by atoms with Crippen LogP contribution in [0.3, 0.4) is 0 Å². The molecule has 0 radical (unpaired) electrons. The number of hydrogen-bond donors (Lipinski definition) is 3. The highest BCUT2D eigenvalue weighted by Gasteiger charge is 2.30. The van der Waals surface area contributed by atoms with E-state index in [0.717, 1.165) is 6.20 Å². The van der Waals surface area contributed by atoms with Gasteiger partial charge in [-0.2, -0.15) is 0 Å². The molecule has 0 spiro atoms. The van der Waals surface area contributed by atoms with Crippen LogP contribution in [0, 0.1) is 10.1 Å². The highest BCUT2D eigenvalue weighted by molar-refractivity contribution is 7.18. The molecular formula is C17H18N4O7S. The van der Waals surface area contributed by atoms with E-state index in [1.165, 1.54) is 24.3 Å². The number of carboxylic acid groups (broad SMARTS) is 1. The molecule has 11 nitrogen and oxygen atoms in total. The summed E-state index contributed by atoms with van der Waals surface area (Å²) in [5.74, 6) is -4.00. The summed E-state index contributed by atoms with van der Waals surface area (Å²) < 4.78 is 5.13. The first-order valence-corrected chi connectivity index (χ1v) is 9.02. The van der Waals surface area contributed by atoms with E-state index >= 15 is 0 Å². The Balaban J connectivity index is 2.19. The first-order valence-electron chi connectivity index (χ1n) is 8.20. The topological polar surface area (TPSA) is 161 Å². The van der Waals surface area contributed by atoms with Gasteiger partial charge in [-0.3, -0.25) is 25.0 Å². The second-order valence-electron chi connectivity index (χ2n) is 6.77. The van der Waals surface area contributed by atoms with E-state index in [1.54, 1.807) is 20.8 Å². The monoisotopic (exact) mass is 422 g/mol. The molecule has 3 N–H and O–H groups in total. The van der Waals surface area contributed by atoms with Gasteiger partial charge in [0.25, 0.3) is 0 Å². The van der Waals surface area contributed by atoms with Crippen molar-refractivity contribution in [2.24, 2.45) is 0 Å². The molecule has 0 aliphatic heterocycles. The van der Waals surface area contributed by atoms with E-state index in [9.17, 15) is 29.6 Å². The Hall–Kier alpha value is -3.54. The summed E-state index contributed by atoms with van der Waals surface area (Å²) >= 11 is 0.602. The van der Waals surface area contributed by atoms with E-state index in [0.29, 0.717) is 11.3 Å². The van der Waals surface area contributed by atoms with Crippen molar-refractivity contribution in [3.63, 3.8) is 0 Å². The Kier molecular flexibility index (Phi) is 6.49. The number of nitrogens with zero attached hydrogens (tertiary/aromatic N) is 2. The minimum Gasteiger partial charge on any atom is -0.480 e. The number of hydrogen-bond acceptors (Lipinski definition) is 8. The molecule has 1 atom stereocenters. The minimum absolute atomic E-state index is 0.0922. The number of nitro groups is 1. The summed E-state index contributed by atoms with van der Waals surface area (Å²) in [7, 11) is 0. The van der Waals surface area contributed by atoms with Crippen molar-refractivity contribution in [3.8, 4) is 0 Å². The molecule has 29 heavy (non-hydrogen) atoms. The van der Waals surface area contributed by atoms with Gasteiger partial charge in [0, 0.05) is 5.69 Å². The van der Waals surface area contributed by atoms with Crippen LogP contribution < -0.4 is 10.6 Å². The third kappa shape index (κ3) is 6.24. The number of thiazole rings is 1. The maximum absolute atomic E-state index is 12.4. The quantitative estimate of drug-likeness (QED) is 0.363. The number of rotatable bonds is 6. The summed E-state index contributed by atoms with van der Waals surface area (Å²) in [6, 6.07) is 5.71. The van der Waals surface area contributed by atoms with E-state index in [2.05, 4.69) is 15.6 Å². The molecule has 154 valence electrons. The average Bonchev–Trinajstić information content (AvgIpc) is 3.01. The van der Waals surface area contributed by atoms with Gasteiger partial charge in [0.15, 0.2) is 11.0 Å². The molecule has 0 aliphatic carbocycles. The fourth-order valence-electron chi connectivity index (χ4n) is 2.21. The number of nitrogens with one attached hydrogen (secondary N) is 2. The molecule has 0 fully saturated rings. The van der Waals surface area contributed by atoms with Gasteiger partial charge in [-0.25, -0.2) is 9.78 Å². The Bertz CT molecular complexity index is 951. The first-order chi connectivity index (χ1) is 13.5. The molecule has 1 aromatic heterocycles. The number of carbonyl (C=O) groups is 3. The molecule has 12 heteroatoms. The normalized spacial score (nSPS) is 12.0.